The van der Waals surface area contributed by atoms with E-state index in [1.54, 1.807) is 0 Å². The number of nitrogens with one attached hydrogen (secondary N) is 2. The maximum absolute atomic E-state index is 6.11. The molecule has 2 N–H and O–H groups in total. The van der Waals surface area contributed by atoms with Crippen LogP contribution in [0, 0.1) is 0 Å². The Balaban J connectivity index is 1.25. The van der Waals surface area contributed by atoms with E-state index in [1.165, 1.54) is 5.56 Å². The van der Waals surface area contributed by atoms with Crippen molar-refractivity contribution >= 4 is 27.8 Å². The number of nitrogens with zero attached hydrogens (tertiary/aromatic N) is 1. The molecule has 0 radical (unpaired) electrons. The van der Waals surface area contributed by atoms with Crippen LogP contribution >= 0.6 is 0 Å². The van der Waals surface area contributed by atoms with Gasteiger partial charge in [-0.2, -0.15) is 0 Å². The summed E-state index contributed by atoms with van der Waals surface area (Å²) in [6, 6.07) is 44.0. The van der Waals surface area contributed by atoms with E-state index in [0.29, 0.717) is 0 Å². The van der Waals surface area contributed by atoms with Crippen LogP contribution in [-0.4, -0.2) is 5.84 Å². The molecule has 178 valence electrons. The van der Waals surface area contributed by atoms with Crippen LogP contribution in [0.3, 0.4) is 0 Å². The van der Waals surface area contributed by atoms with Gasteiger partial charge >= 0.3 is 0 Å². The highest BCUT2D eigenvalue weighted by atomic mass is 16.3. The molecule has 5 aromatic carbocycles. The van der Waals surface area contributed by atoms with Gasteiger partial charge in [0.15, 0.2) is 0 Å². The Morgan fingerprint density at radius 3 is 2.08 bits per heavy atom. The van der Waals surface area contributed by atoms with Crippen molar-refractivity contribution < 1.29 is 4.42 Å². The number of rotatable bonds is 4. The quantitative estimate of drug-likeness (QED) is 0.274. The summed E-state index contributed by atoms with van der Waals surface area (Å²) < 4.78 is 6.11. The molecule has 0 spiro atoms. The molecule has 1 aromatic heterocycles. The third kappa shape index (κ3) is 3.98. The highest BCUT2D eigenvalue weighted by molar-refractivity contribution is 6.12. The zero-order chi connectivity index (χ0) is 24.6. The molecule has 6 aromatic rings. The van der Waals surface area contributed by atoms with Gasteiger partial charge in [0.1, 0.15) is 29.3 Å². The summed E-state index contributed by atoms with van der Waals surface area (Å²) in [5, 5.41) is 9.60. The molecule has 0 saturated carbocycles. The second-order valence-corrected chi connectivity index (χ2v) is 9.30. The number of aliphatic imine (C=N–C) groups is 1. The van der Waals surface area contributed by atoms with E-state index >= 15 is 0 Å². The lowest BCUT2D eigenvalue weighted by atomic mass is 9.97. The van der Waals surface area contributed by atoms with Crippen LogP contribution in [0.4, 0.5) is 0 Å². The Morgan fingerprint density at radius 2 is 1.27 bits per heavy atom. The van der Waals surface area contributed by atoms with Gasteiger partial charge in [0, 0.05) is 16.3 Å². The standard InChI is InChI=1S/C33H25N3O/c1-3-10-23(11-4-1)31-34-32(24-12-5-2-6-13-24)36-33(35-31)25-20-18-22(19-21-25)26-15-9-17-29-30(26)27-14-7-8-16-28(27)37-29/h1-21,31,33,35H,(H,34,36). The molecule has 0 saturated heterocycles. The molecular formula is C33H25N3O. The predicted octanol–water partition coefficient (Wildman–Crippen LogP) is 7.59. The topological polar surface area (TPSA) is 49.6 Å². The third-order valence-corrected chi connectivity index (χ3v) is 6.98. The minimum absolute atomic E-state index is 0.0856. The maximum Gasteiger partial charge on any atom is 0.136 e. The van der Waals surface area contributed by atoms with Crippen LogP contribution in [-0.2, 0) is 0 Å². The van der Waals surface area contributed by atoms with Crippen LogP contribution in [0.25, 0.3) is 33.1 Å². The molecule has 4 heteroatoms. The molecule has 0 amide bonds. The predicted molar refractivity (Wildman–Crippen MR) is 150 cm³/mol. The number of hydrogen-bond acceptors (Lipinski definition) is 4. The molecule has 1 aliphatic rings. The van der Waals surface area contributed by atoms with Gasteiger partial charge in [-0.25, -0.2) is 4.99 Å². The maximum atomic E-state index is 6.11. The van der Waals surface area contributed by atoms with E-state index in [2.05, 4.69) is 95.6 Å². The van der Waals surface area contributed by atoms with Gasteiger partial charge in [0.2, 0.25) is 0 Å². The summed E-state index contributed by atoms with van der Waals surface area (Å²) >= 11 is 0. The molecule has 2 atom stereocenters. The first-order valence-corrected chi connectivity index (χ1v) is 12.5. The molecular weight excluding hydrogens is 454 g/mol. The molecule has 0 bridgehead atoms. The first kappa shape index (κ1) is 21.6. The van der Waals surface area contributed by atoms with Crippen molar-refractivity contribution in [1.82, 2.24) is 10.6 Å². The number of amidine groups is 1. The first-order chi connectivity index (χ1) is 18.3. The van der Waals surface area contributed by atoms with Crippen LogP contribution < -0.4 is 10.6 Å². The summed E-state index contributed by atoms with van der Waals surface area (Å²) in [6.45, 7) is 0. The van der Waals surface area contributed by atoms with Crippen LogP contribution in [0.1, 0.15) is 29.0 Å². The summed E-state index contributed by atoms with van der Waals surface area (Å²) in [4.78, 5) is 5.00. The Kier molecular flexibility index (Phi) is 5.30. The zero-order valence-electron chi connectivity index (χ0n) is 20.1. The van der Waals surface area contributed by atoms with Gasteiger partial charge in [-0.1, -0.05) is 115 Å². The average Bonchev–Trinajstić information content (AvgIpc) is 3.37. The van der Waals surface area contributed by atoms with Gasteiger partial charge in [0.25, 0.3) is 0 Å². The Hall–Kier alpha value is -4.67. The lowest BCUT2D eigenvalue weighted by molar-refractivity contribution is 0.409. The van der Waals surface area contributed by atoms with Crippen molar-refractivity contribution in [3.63, 3.8) is 0 Å². The van der Waals surface area contributed by atoms with Crippen LogP contribution in [0.15, 0.2) is 137 Å². The second kappa shape index (κ2) is 9.08. The van der Waals surface area contributed by atoms with Crippen molar-refractivity contribution in [1.29, 1.82) is 0 Å². The van der Waals surface area contributed by atoms with E-state index in [0.717, 1.165) is 50.0 Å². The monoisotopic (exact) mass is 479 g/mol. The highest BCUT2D eigenvalue weighted by Gasteiger charge is 2.25. The number of fused-ring (bicyclic) bond motifs is 3. The Bertz CT molecular complexity index is 1720. The van der Waals surface area contributed by atoms with Gasteiger partial charge < -0.3 is 9.73 Å². The van der Waals surface area contributed by atoms with Gasteiger partial charge in [-0.15, -0.1) is 0 Å². The molecule has 7 rings (SSSR count). The molecule has 0 fully saturated rings. The highest BCUT2D eigenvalue weighted by Crippen LogP contribution is 2.37. The van der Waals surface area contributed by atoms with Crippen LogP contribution in [0.2, 0.25) is 0 Å². The van der Waals surface area contributed by atoms with Crippen molar-refractivity contribution in [3.05, 3.63) is 144 Å². The second-order valence-electron chi connectivity index (χ2n) is 9.30. The zero-order valence-corrected chi connectivity index (χ0v) is 20.1. The summed E-state index contributed by atoms with van der Waals surface area (Å²) in [5.41, 5.74) is 7.52. The third-order valence-electron chi connectivity index (χ3n) is 6.98. The van der Waals surface area contributed by atoms with E-state index in [1.807, 2.05) is 42.5 Å². The lowest BCUT2D eigenvalue weighted by Gasteiger charge is -2.32. The summed E-state index contributed by atoms with van der Waals surface area (Å²) in [5.74, 6) is 0.886. The minimum atomic E-state index is -0.145. The molecule has 2 heterocycles. The normalized spacial score (nSPS) is 17.5. The van der Waals surface area contributed by atoms with E-state index in [4.69, 9.17) is 9.41 Å². The van der Waals surface area contributed by atoms with Crippen molar-refractivity contribution in [2.45, 2.75) is 12.3 Å². The van der Waals surface area contributed by atoms with Crippen molar-refractivity contribution in [2.24, 2.45) is 4.99 Å². The largest absolute Gasteiger partial charge is 0.456 e. The molecule has 37 heavy (non-hydrogen) atoms. The fourth-order valence-corrected chi connectivity index (χ4v) is 5.15. The Morgan fingerprint density at radius 1 is 0.568 bits per heavy atom. The average molecular weight is 480 g/mol. The van der Waals surface area contributed by atoms with E-state index < -0.39 is 0 Å². The minimum Gasteiger partial charge on any atom is -0.456 e. The van der Waals surface area contributed by atoms with E-state index in [9.17, 15) is 0 Å². The fraction of sp³-hybridized carbons (Fsp3) is 0.0606. The number of furan rings is 1. The molecule has 2 unspecified atom stereocenters. The van der Waals surface area contributed by atoms with Gasteiger partial charge in [-0.3, -0.25) is 5.32 Å². The lowest BCUT2D eigenvalue weighted by Crippen LogP contribution is -2.44. The van der Waals surface area contributed by atoms with Gasteiger partial charge in [-0.05, 0) is 34.4 Å². The fourth-order valence-electron chi connectivity index (χ4n) is 5.15. The number of hydrogen-bond donors (Lipinski definition) is 2. The number of para-hydroxylation sites is 1. The Labute approximate surface area is 215 Å². The smallest absolute Gasteiger partial charge is 0.136 e. The molecule has 0 aliphatic carbocycles. The van der Waals surface area contributed by atoms with Gasteiger partial charge in [0.05, 0.1) is 0 Å². The summed E-state index contributed by atoms with van der Waals surface area (Å²) in [7, 11) is 0. The summed E-state index contributed by atoms with van der Waals surface area (Å²) in [6.07, 6.45) is -0.231. The molecule has 1 aliphatic heterocycles. The van der Waals surface area contributed by atoms with Crippen LogP contribution in [0.5, 0.6) is 0 Å². The first-order valence-electron chi connectivity index (χ1n) is 12.5. The number of benzene rings is 5. The van der Waals surface area contributed by atoms with Crippen molar-refractivity contribution in [3.8, 4) is 11.1 Å². The van der Waals surface area contributed by atoms with E-state index in [-0.39, 0.29) is 12.3 Å². The SMILES string of the molecule is c1ccc(C2=NC(c3ccccc3)NC(c3ccc(-c4cccc5oc6ccccc6c45)cc3)N2)cc1. The van der Waals surface area contributed by atoms with Crippen molar-refractivity contribution in [2.75, 3.05) is 0 Å². The molecule has 4 nitrogen and oxygen atoms in total.